The molecule has 29 heavy (non-hydrogen) atoms. The van der Waals surface area contributed by atoms with E-state index in [1.807, 2.05) is 13.0 Å². The number of carbonyl (C=O) groups is 1. The highest BCUT2D eigenvalue weighted by atomic mass is 16.3. The second-order valence-corrected chi connectivity index (χ2v) is 10.3. The summed E-state index contributed by atoms with van der Waals surface area (Å²) in [5.41, 5.74) is 1.69. The molecule has 154 valence electrons. The summed E-state index contributed by atoms with van der Waals surface area (Å²) >= 11 is 0. The van der Waals surface area contributed by atoms with E-state index in [9.17, 15) is 9.90 Å². The second kappa shape index (κ2) is 6.07. The molecule has 0 aliphatic heterocycles. The summed E-state index contributed by atoms with van der Waals surface area (Å²) in [5, 5.41) is 11.4. The summed E-state index contributed by atoms with van der Waals surface area (Å²) in [7, 11) is 0. The minimum Gasteiger partial charge on any atom is -0.466 e. The number of hydrogen-bond acceptors (Lipinski definition) is 3. The number of allylic oxidation sites excluding steroid dienone is 4. The standard InChI is InChI=1S/C26H32O3/c1-5-26(28)13-10-21-23-19(22-7-6-16(2)29-22)15-17-14-18(27)8-11-24(17,3)20(23)9-12-25(21,26)4/h5-7,9,15,19,21,23,28H,1,8,10-14H2,2-4H3/t19-,21?,23?,24-,25-,26-/m0/s1. The zero-order chi connectivity index (χ0) is 20.6. The molecule has 1 N–H and O–H groups in total. The zero-order valence-electron chi connectivity index (χ0n) is 17.8. The molecule has 4 aliphatic rings. The highest BCUT2D eigenvalue weighted by Gasteiger charge is 2.62. The Hall–Kier alpha value is -1.87. The molecular weight excluding hydrogens is 360 g/mol. The lowest BCUT2D eigenvalue weighted by Gasteiger charge is -2.55. The topological polar surface area (TPSA) is 50.4 Å². The molecule has 0 aromatic carbocycles. The Morgan fingerprint density at radius 2 is 2.07 bits per heavy atom. The van der Waals surface area contributed by atoms with Crippen LogP contribution in [0.3, 0.4) is 0 Å². The average molecular weight is 393 g/mol. The van der Waals surface area contributed by atoms with Crippen molar-refractivity contribution >= 4 is 5.78 Å². The molecule has 0 radical (unpaired) electrons. The van der Waals surface area contributed by atoms with Crippen LogP contribution < -0.4 is 0 Å². The van der Waals surface area contributed by atoms with E-state index in [-0.39, 0.29) is 16.7 Å². The molecule has 0 spiro atoms. The minimum absolute atomic E-state index is 0.0348. The molecule has 2 saturated carbocycles. The Kier molecular flexibility index (Phi) is 4.00. The SMILES string of the molecule is C=C[C@]1(O)CCC2C3C(=CC[C@@]21C)[C@@]1(C)CCC(=O)CC1=C[C@H]3c1ccc(C)o1. The van der Waals surface area contributed by atoms with E-state index >= 15 is 0 Å². The summed E-state index contributed by atoms with van der Waals surface area (Å²) in [5.74, 6) is 3.06. The summed E-state index contributed by atoms with van der Waals surface area (Å²) in [6, 6.07) is 4.14. The fourth-order valence-electron chi connectivity index (χ4n) is 7.08. The molecule has 3 nitrogen and oxygen atoms in total. The first kappa shape index (κ1) is 19.1. The number of fused-ring (bicyclic) bond motifs is 5. The molecule has 1 aromatic heterocycles. The lowest BCUT2D eigenvalue weighted by Crippen LogP contribution is -2.51. The van der Waals surface area contributed by atoms with Gasteiger partial charge in [-0.15, -0.1) is 6.58 Å². The largest absolute Gasteiger partial charge is 0.466 e. The number of carbonyl (C=O) groups excluding carboxylic acids is 1. The Bertz CT molecular complexity index is 949. The van der Waals surface area contributed by atoms with Crippen LogP contribution in [0.2, 0.25) is 0 Å². The number of furan rings is 1. The predicted molar refractivity (Wildman–Crippen MR) is 113 cm³/mol. The van der Waals surface area contributed by atoms with Gasteiger partial charge in [-0.2, -0.15) is 0 Å². The molecule has 0 saturated heterocycles. The van der Waals surface area contributed by atoms with Crippen LogP contribution in [0.5, 0.6) is 0 Å². The molecule has 2 unspecified atom stereocenters. The van der Waals surface area contributed by atoms with E-state index < -0.39 is 5.60 Å². The molecule has 0 amide bonds. The van der Waals surface area contributed by atoms with Gasteiger partial charge >= 0.3 is 0 Å². The van der Waals surface area contributed by atoms with Gasteiger partial charge in [-0.1, -0.05) is 43.2 Å². The zero-order valence-corrected chi connectivity index (χ0v) is 17.8. The van der Waals surface area contributed by atoms with Gasteiger partial charge in [-0.3, -0.25) is 4.79 Å². The van der Waals surface area contributed by atoms with Crippen molar-refractivity contribution in [3.63, 3.8) is 0 Å². The Balaban J connectivity index is 1.69. The number of hydrogen-bond donors (Lipinski definition) is 1. The third-order valence-corrected chi connectivity index (χ3v) is 9.01. The molecular formula is C26H32O3. The van der Waals surface area contributed by atoms with Gasteiger partial charge in [0.05, 0.1) is 5.60 Å². The van der Waals surface area contributed by atoms with Crippen molar-refractivity contribution in [3.8, 4) is 0 Å². The van der Waals surface area contributed by atoms with Crippen LogP contribution in [-0.2, 0) is 4.79 Å². The smallest absolute Gasteiger partial charge is 0.137 e. The van der Waals surface area contributed by atoms with Gasteiger partial charge in [0.25, 0.3) is 0 Å². The van der Waals surface area contributed by atoms with Crippen molar-refractivity contribution in [1.29, 1.82) is 0 Å². The Morgan fingerprint density at radius 1 is 1.28 bits per heavy atom. The third kappa shape index (κ3) is 2.43. The van der Waals surface area contributed by atoms with Crippen LogP contribution in [0.1, 0.15) is 69.8 Å². The Morgan fingerprint density at radius 3 is 2.76 bits per heavy atom. The maximum Gasteiger partial charge on any atom is 0.137 e. The van der Waals surface area contributed by atoms with E-state index in [1.165, 1.54) is 11.1 Å². The van der Waals surface area contributed by atoms with Crippen LogP contribution in [-0.4, -0.2) is 16.5 Å². The van der Waals surface area contributed by atoms with Gasteiger partial charge in [0.1, 0.15) is 17.3 Å². The van der Waals surface area contributed by atoms with E-state index in [0.29, 0.717) is 30.5 Å². The molecule has 2 fully saturated rings. The number of rotatable bonds is 2. The second-order valence-electron chi connectivity index (χ2n) is 10.3. The molecule has 5 rings (SSSR count). The van der Waals surface area contributed by atoms with Gasteiger partial charge in [-0.25, -0.2) is 0 Å². The fourth-order valence-corrected chi connectivity index (χ4v) is 7.08. The monoisotopic (exact) mass is 392 g/mol. The summed E-state index contributed by atoms with van der Waals surface area (Å²) in [6.45, 7) is 10.6. The number of ketones is 1. The first-order chi connectivity index (χ1) is 13.7. The molecule has 3 heteroatoms. The molecule has 0 bridgehead atoms. The first-order valence-electron chi connectivity index (χ1n) is 11.1. The van der Waals surface area contributed by atoms with Crippen LogP contribution in [0.25, 0.3) is 0 Å². The average Bonchev–Trinajstić information content (AvgIpc) is 3.23. The highest BCUT2D eigenvalue weighted by molar-refractivity contribution is 5.83. The lowest BCUT2D eigenvalue weighted by molar-refractivity contribution is -0.120. The van der Waals surface area contributed by atoms with Crippen molar-refractivity contribution in [2.24, 2.45) is 22.7 Å². The summed E-state index contributed by atoms with van der Waals surface area (Å²) < 4.78 is 6.13. The normalized spacial score (nSPS) is 43.7. The van der Waals surface area contributed by atoms with Gasteiger partial charge in [-0.05, 0) is 56.6 Å². The maximum absolute atomic E-state index is 12.3. The van der Waals surface area contributed by atoms with Crippen molar-refractivity contribution in [2.45, 2.75) is 70.8 Å². The van der Waals surface area contributed by atoms with E-state index in [0.717, 1.165) is 37.2 Å². The van der Waals surface area contributed by atoms with Crippen molar-refractivity contribution < 1.29 is 14.3 Å². The van der Waals surface area contributed by atoms with Gasteiger partial charge < -0.3 is 9.52 Å². The van der Waals surface area contributed by atoms with E-state index in [2.05, 4.69) is 38.6 Å². The molecule has 4 aliphatic carbocycles. The minimum atomic E-state index is -0.823. The van der Waals surface area contributed by atoms with Gasteiger partial charge in [0, 0.05) is 29.6 Å². The number of Topliss-reactive ketones (excluding diaryl/α,β-unsaturated/α-hetero) is 1. The van der Waals surface area contributed by atoms with Crippen LogP contribution >= 0.6 is 0 Å². The molecule has 6 atom stereocenters. The quantitative estimate of drug-likeness (QED) is 0.662. The van der Waals surface area contributed by atoms with Crippen molar-refractivity contribution in [2.75, 3.05) is 0 Å². The first-order valence-corrected chi connectivity index (χ1v) is 11.1. The number of aryl methyl sites for hydroxylation is 1. The maximum atomic E-state index is 12.3. The van der Waals surface area contributed by atoms with Crippen LogP contribution in [0.4, 0.5) is 0 Å². The van der Waals surface area contributed by atoms with Crippen LogP contribution in [0, 0.1) is 29.6 Å². The predicted octanol–water partition coefficient (Wildman–Crippen LogP) is 5.65. The van der Waals surface area contributed by atoms with E-state index in [1.54, 1.807) is 6.08 Å². The summed E-state index contributed by atoms with van der Waals surface area (Å²) in [4.78, 5) is 12.3. The van der Waals surface area contributed by atoms with E-state index in [4.69, 9.17) is 4.42 Å². The third-order valence-electron chi connectivity index (χ3n) is 9.01. The van der Waals surface area contributed by atoms with Gasteiger partial charge in [0.2, 0.25) is 0 Å². The lowest BCUT2D eigenvalue weighted by atomic mass is 9.49. The fraction of sp³-hybridized carbons (Fsp3) is 0.577. The summed E-state index contributed by atoms with van der Waals surface area (Å²) in [6.07, 6.45) is 11.3. The van der Waals surface area contributed by atoms with Crippen LogP contribution in [0.15, 0.2) is 52.5 Å². The van der Waals surface area contributed by atoms with Crippen molar-refractivity contribution in [1.82, 2.24) is 0 Å². The van der Waals surface area contributed by atoms with Crippen molar-refractivity contribution in [3.05, 3.63) is 59.6 Å². The Labute approximate surface area is 173 Å². The van der Waals surface area contributed by atoms with Gasteiger partial charge in [0.15, 0.2) is 0 Å². The highest BCUT2D eigenvalue weighted by Crippen LogP contribution is 2.67. The number of aliphatic hydroxyl groups is 1. The molecule has 1 aromatic rings. The molecule has 1 heterocycles.